The minimum absolute atomic E-state index is 0. The highest BCUT2D eigenvalue weighted by atomic mass is 16.1. The van der Waals surface area contributed by atoms with E-state index >= 15 is 0 Å². The van der Waals surface area contributed by atoms with Crippen LogP contribution in [0.25, 0.3) is 6.08 Å². The van der Waals surface area contributed by atoms with Crippen LogP contribution in [0.3, 0.4) is 0 Å². The molecule has 2 heteroatoms. The van der Waals surface area contributed by atoms with Crippen molar-refractivity contribution in [3.8, 4) is 0 Å². The first kappa shape index (κ1) is 23.2. The molecule has 2 unspecified atom stereocenters. The maximum absolute atomic E-state index is 12.7. The number of pyridine rings is 1. The number of nitrogens with zero attached hydrogens (tertiary/aromatic N) is 1. The Balaban J connectivity index is 0.00000216. The first-order chi connectivity index (χ1) is 16.1. The predicted octanol–water partition coefficient (Wildman–Crippen LogP) is 7.88. The molecule has 2 nitrogen and oxygen atoms in total. The number of carbonyl (C=O) groups is 1. The number of aromatic nitrogens is 1. The van der Waals surface area contributed by atoms with Gasteiger partial charge in [0.2, 0.25) is 0 Å². The quantitative estimate of drug-likeness (QED) is 0.356. The molecule has 0 radical (unpaired) electrons. The maximum Gasteiger partial charge on any atom is 0.141 e. The van der Waals surface area contributed by atoms with Crippen LogP contribution >= 0.6 is 0 Å². The van der Waals surface area contributed by atoms with E-state index in [0.29, 0.717) is 24.7 Å². The minimum atomic E-state index is 0. The molecule has 0 bridgehead atoms. The van der Waals surface area contributed by atoms with Gasteiger partial charge >= 0.3 is 0 Å². The molecule has 1 aromatic heterocycles. The van der Waals surface area contributed by atoms with Gasteiger partial charge in [0.15, 0.2) is 0 Å². The molecule has 2 aromatic carbocycles. The highest BCUT2D eigenvalue weighted by Gasteiger charge is 2.27. The summed E-state index contributed by atoms with van der Waals surface area (Å²) in [4.78, 5) is 17.5. The van der Waals surface area contributed by atoms with Crippen molar-refractivity contribution in [2.75, 3.05) is 0 Å². The van der Waals surface area contributed by atoms with Gasteiger partial charge in [0.25, 0.3) is 0 Å². The molecule has 0 spiro atoms. The molecule has 1 aliphatic rings. The number of hydrogen-bond acceptors (Lipinski definition) is 2. The number of aryl methyl sites for hydroxylation is 2. The highest BCUT2D eigenvalue weighted by Crippen LogP contribution is 2.42. The molecule has 1 aliphatic carbocycles. The third-order valence-corrected chi connectivity index (χ3v) is 7.10. The van der Waals surface area contributed by atoms with Crippen molar-refractivity contribution in [2.24, 2.45) is 0 Å². The van der Waals surface area contributed by atoms with Crippen molar-refractivity contribution in [3.63, 3.8) is 0 Å². The van der Waals surface area contributed by atoms with E-state index in [1.54, 1.807) is 0 Å². The normalized spacial score (nSPS) is 18.1. The Labute approximate surface area is 201 Å². The Bertz CT molecular complexity index is 1120. The SMILES string of the molecule is C=Cc1c(CC)ccnc1C1CCCC(c2cccc(CC(=O)Cc3ccc(C)cc3)c2)C1.[HH].[HH]. The van der Waals surface area contributed by atoms with Crippen molar-refractivity contribution in [2.45, 2.75) is 70.6 Å². The summed E-state index contributed by atoms with van der Waals surface area (Å²) >= 11 is 0. The van der Waals surface area contributed by atoms with Crippen molar-refractivity contribution < 1.29 is 7.65 Å². The van der Waals surface area contributed by atoms with Gasteiger partial charge in [-0.2, -0.15) is 0 Å². The molecule has 1 saturated carbocycles. The Hall–Kier alpha value is -3.00. The van der Waals surface area contributed by atoms with Gasteiger partial charge in [0, 0.05) is 27.8 Å². The smallest absolute Gasteiger partial charge is 0.141 e. The van der Waals surface area contributed by atoms with Crippen LogP contribution < -0.4 is 0 Å². The van der Waals surface area contributed by atoms with Gasteiger partial charge in [-0.25, -0.2) is 0 Å². The number of Topliss-reactive ketones (excluding diaryl/α,β-unsaturated/α-hetero) is 1. The molecule has 174 valence electrons. The van der Waals surface area contributed by atoms with E-state index in [1.807, 2.05) is 12.3 Å². The van der Waals surface area contributed by atoms with Crippen LogP contribution in [0.15, 0.2) is 67.4 Å². The Morgan fingerprint density at radius 1 is 1.06 bits per heavy atom. The lowest BCUT2D eigenvalue weighted by Gasteiger charge is -2.30. The zero-order valence-corrected chi connectivity index (χ0v) is 20.0. The summed E-state index contributed by atoms with van der Waals surface area (Å²) in [6, 6.07) is 19.1. The summed E-state index contributed by atoms with van der Waals surface area (Å²) in [5.74, 6) is 1.25. The van der Waals surface area contributed by atoms with Crippen LogP contribution in [-0.2, 0) is 24.1 Å². The van der Waals surface area contributed by atoms with Gasteiger partial charge in [0.05, 0.1) is 5.69 Å². The lowest BCUT2D eigenvalue weighted by Crippen LogP contribution is -2.16. The van der Waals surface area contributed by atoms with Crippen molar-refractivity contribution in [3.05, 3.63) is 106 Å². The zero-order chi connectivity index (χ0) is 23.2. The van der Waals surface area contributed by atoms with Gasteiger partial charge in [-0.05, 0) is 72.4 Å². The van der Waals surface area contributed by atoms with E-state index in [1.165, 1.54) is 47.2 Å². The molecule has 0 aliphatic heterocycles. The van der Waals surface area contributed by atoms with Crippen molar-refractivity contribution >= 4 is 11.9 Å². The van der Waals surface area contributed by atoms with Gasteiger partial charge in [-0.3, -0.25) is 9.78 Å². The van der Waals surface area contributed by atoms with Crippen LogP contribution in [0.1, 0.15) is 86.4 Å². The molecule has 3 aromatic rings. The van der Waals surface area contributed by atoms with E-state index in [4.69, 9.17) is 4.98 Å². The molecular weight excluding hydrogens is 402 g/mol. The van der Waals surface area contributed by atoms with Gasteiger partial charge < -0.3 is 0 Å². The second-order valence-electron chi connectivity index (χ2n) is 9.51. The van der Waals surface area contributed by atoms with Crippen LogP contribution in [-0.4, -0.2) is 10.8 Å². The number of carbonyl (C=O) groups excluding carboxylic acids is 1. The molecule has 0 saturated heterocycles. The summed E-state index contributed by atoms with van der Waals surface area (Å²) < 4.78 is 0. The fourth-order valence-corrected chi connectivity index (χ4v) is 5.32. The third-order valence-electron chi connectivity index (χ3n) is 7.10. The van der Waals surface area contributed by atoms with E-state index in [-0.39, 0.29) is 8.64 Å². The Kier molecular flexibility index (Phi) is 7.54. The van der Waals surface area contributed by atoms with Crippen LogP contribution in [0.4, 0.5) is 0 Å². The number of hydrogen-bond donors (Lipinski definition) is 0. The number of ketones is 1. The van der Waals surface area contributed by atoms with Gasteiger partial charge in [-0.1, -0.05) is 80.1 Å². The third kappa shape index (κ3) is 5.68. The highest BCUT2D eigenvalue weighted by molar-refractivity contribution is 5.83. The summed E-state index contributed by atoms with van der Waals surface area (Å²) in [7, 11) is 0. The van der Waals surface area contributed by atoms with E-state index in [9.17, 15) is 4.79 Å². The molecule has 1 fully saturated rings. The van der Waals surface area contributed by atoms with Crippen LogP contribution in [0.2, 0.25) is 0 Å². The first-order valence-electron chi connectivity index (χ1n) is 12.3. The fourth-order valence-electron chi connectivity index (χ4n) is 5.32. The van der Waals surface area contributed by atoms with Crippen LogP contribution in [0.5, 0.6) is 0 Å². The van der Waals surface area contributed by atoms with E-state index in [0.717, 1.165) is 24.0 Å². The Morgan fingerprint density at radius 3 is 2.58 bits per heavy atom. The van der Waals surface area contributed by atoms with Gasteiger partial charge in [-0.15, -0.1) is 0 Å². The molecule has 0 amide bonds. The lowest BCUT2D eigenvalue weighted by atomic mass is 9.75. The second-order valence-corrected chi connectivity index (χ2v) is 9.51. The van der Waals surface area contributed by atoms with Gasteiger partial charge in [0.1, 0.15) is 5.78 Å². The molecule has 2 atom stereocenters. The van der Waals surface area contributed by atoms with Crippen molar-refractivity contribution in [1.29, 1.82) is 0 Å². The monoisotopic (exact) mass is 441 g/mol. The summed E-state index contributed by atoms with van der Waals surface area (Å²) in [5.41, 5.74) is 8.61. The zero-order valence-electron chi connectivity index (χ0n) is 20.0. The molecule has 0 N–H and O–H groups in total. The molecule has 1 heterocycles. The molecule has 33 heavy (non-hydrogen) atoms. The average Bonchev–Trinajstić information content (AvgIpc) is 2.85. The standard InChI is InChI=1S/C31H35NO.2H2/c1-4-25-16-17-32-31(30(25)5-2)28-11-7-10-27(21-28)26-9-6-8-24(18-26)20-29(33)19-23-14-12-22(3)13-15-23;;/h5-6,8-9,12-18,27-28H,2,4,7,10-11,19-21H2,1,3H3;2*1H. The van der Waals surface area contributed by atoms with E-state index < -0.39 is 0 Å². The average molecular weight is 442 g/mol. The Morgan fingerprint density at radius 2 is 1.82 bits per heavy atom. The predicted molar refractivity (Wildman–Crippen MR) is 142 cm³/mol. The summed E-state index contributed by atoms with van der Waals surface area (Å²) in [5, 5.41) is 0. The number of rotatable bonds is 8. The summed E-state index contributed by atoms with van der Waals surface area (Å²) in [6.07, 6.45) is 10.7. The first-order valence-corrected chi connectivity index (χ1v) is 12.3. The molecule has 4 rings (SSSR count). The second kappa shape index (κ2) is 10.7. The van der Waals surface area contributed by atoms with E-state index in [2.05, 4.69) is 75.0 Å². The van der Waals surface area contributed by atoms with Crippen molar-refractivity contribution in [1.82, 2.24) is 4.98 Å². The number of benzene rings is 2. The topological polar surface area (TPSA) is 30.0 Å². The minimum Gasteiger partial charge on any atom is -0.299 e. The molecular formula is C31H39NO. The maximum atomic E-state index is 12.7. The lowest BCUT2D eigenvalue weighted by molar-refractivity contribution is -0.117. The van der Waals surface area contributed by atoms with Crippen LogP contribution in [0, 0.1) is 6.92 Å². The summed E-state index contributed by atoms with van der Waals surface area (Å²) in [6.45, 7) is 8.34. The largest absolute Gasteiger partial charge is 0.299 e. The fraction of sp³-hybridized carbons (Fsp3) is 0.355.